The fourth-order valence-corrected chi connectivity index (χ4v) is 6.38. The number of aliphatic hydroxyl groups excluding tert-OH is 1. The topological polar surface area (TPSA) is 72.8 Å². The summed E-state index contributed by atoms with van der Waals surface area (Å²) >= 11 is 0. The van der Waals surface area contributed by atoms with Crippen LogP contribution in [0.5, 0.6) is 0 Å². The van der Waals surface area contributed by atoms with Crippen molar-refractivity contribution in [2.75, 3.05) is 13.2 Å². The van der Waals surface area contributed by atoms with Crippen LogP contribution >= 0.6 is 0 Å². The van der Waals surface area contributed by atoms with Gasteiger partial charge in [-0.05, 0) is 77.0 Å². The van der Waals surface area contributed by atoms with E-state index in [9.17, 15) is 14.7 Å². The maximum Gasteiger partial charge on any atom is 0.306 e. The molecular weight excluding hydrogens is 657 g/mol. The molecule has 1 unspecified atom stereocenters. The second kappa shape index (κ2) is 44.3. The van der Waals surface area contributed by atoms with Crippen molar-refractivity contribution in [1.29, 1.82) is 0 Å². The summed E-state index contributed by atoms with van der Waals surface area (Å²) in [7, 11) is 0. The van der Waals surface area contributed by atoms with E-state index in [0.29, 0.717) is 12.8 Å². The number of hydrogen-bond acceptors (Lipinski definition) is 5. The van der Waals surface area contributed by atoms with Crippen LogP contribution in [0.4, 0.5) is 0 Å². The molecule has 0 spiro atoms. The summed E-state index contributed by atoms with van der Waals surface area (Å²) in [6, 6.07) is 0. The van der Waals surface area contributed by atoms with Gasteiger partial charge in [-0.2, -0.15) is 0 Å². The van der Waals surface area contributed by atoms with Crippen molar-refractivity contribution in [3.8, 4) is 0 Å². The van der Waals surface area contributed by atoms with Crippen LogP contribution in [0.1, 0.15) is 226 Å². The molecule has 5 heteroatoms. The zero-order valence-corrected chi connectivity index (χ0v) is 35.0. The van der Waals surface area contributed by atoms with Crippen molar-refractivity contribution in [3.63, 3.8) is 0 Å². The molecule has 1 N–H and O–H groups in total. The number of carbonyl (C=O) groups is 2. The molecule has 0 aromatic rings. The number of unbranched alkanes of at least 4 members (excludes halogenated alkanes) is 25. The predicted octanol–water partition coefficient (Wildman–Crippen LogP) is 14.6. The van der Waals surface area contributed by atoms with Crippen LogP contribution in [0.25, 0.3) is 0 Å². The first-order valence-electron chi connectivity index (χ1n) is 22.7. The maximum atomic E-state index is 12.2. The van der Waals surface area contributed by atoms with E-state index in [0.717, 1.165) is 57.8 Å². The van der Waals surface area contributed by atoms with Crippen molar-refractivity contribution in [1.82, 2.24) is 0 Å². The third kappa shape index (κ3) is 42.5. The second-order valence-corrected chi connectivity index (χ2v) is 15.1. The van der Waals surface area contributed by atoms with Crippen LogP contribution in [-0.2, 0) is 19.1 Å². The van der Waals surface area contributed by atoms with Crippen LogP contribution in [0.15, 0.2) is 48.6 Å². The summed E-state index contributed by atoms with van der Waals surface area (Å²) in [4.78, 5) is 24.3. The van der Waals surface area contributed by atoms with E-state index in [-0.39, 0.29) is 25.2 Å². The van der Waals surface area contributed by atoms with Crippen LogP contribution in [-0.4, -0.2) is 36.4 Å². The van der Waals surface area contributed by atoms with E-state index in [1.54, 1.807) is 0 Å². The van der Waals surface area contributed by atoms with E-state index in [1.807, 2.05) is 0 Å². The number of carbonyl (C=O) groups excluding carboxylic acids is 2. The zero-order chi connectivity index (χ0) is 38.6. The van der Waals surface area contributed by atoms with Gasteiger partial charge in [0.25, 0.3) is 0 Å². The molecule has 0 bridgehead atoms. The summed E-state index contributed by atoms with van der Waals surface area (Å²) in [5.41, 5.74) is 0. The minimum Gasteiger partial charge on any atom is -0.462 e. The highest BCUT2D eigenvalue weighted by Gasteiger charge is 2.16. The summed E-state index contributed by atoms with van der Waals surface area (Å²) < 4.78 is 10.6. The zero-order valence-electron chi connectivity index (χ0n) is 35.0. The van der Waals surface area contributed by atoms with Gasteiger partial charge in [-0.1, -0.05) is 184 Å². The second-order valence-electron chi connectivity index (χ2n) is 15.1. The average Bonchev–Trinajstić information content (AvgIpc) is 3.16. The number of ether oxygens (including phenoxy) is 2. The van der Waals surface area contributed by atoms with E-state index in [2.05, 4.69) is 62.5 Å². The van der Waals surface area contributed by atoms with Crippen LogP contribution in [0.3, 0.4) is 0 Å². The molecule has 0 rings (SSSR count). The highest BCUT2D eigenvalue weighted by atomic mass is 16.6. The van der Waals surface area contributed by atoms with Gasteiger partial charge in [0.1, 0.15) is 6.61 Å². The van der Waals surface area contributed by atoms with Gasteiger partial charge in [-0.15, -0.1) is 0 Å². The predicted molar refractivity (Wildman–Crippen MR) is 228 cm³/mol. The Morgan fingerprint density at radius 1 is 0.434 bits per heavy atom. The number of hydrogen-bond donors (Lipinski definition) is 1. The van der Waals surface area contributed by atoms with Crippen molar-refractivity contribution in [2.24, 2.45) is 0 Å². The van der Waals surface area contributed by atoms with E-state index >= 15 is 0 Å². The van der Waals surface area contributed by atoms with Gasteiger partial charge in [0.2, 0.25) is 0 Å². The Kier molecular flexibility index (Phi) is 42.5. The minimum absolute atomic E-state index is 0.0715. The summed E-state index contributed by atoms with van der Waals surface area (Å²) in [6.45, 7) is 4.11. The van der Waals surface area contributed by atoms with Gasteiger partial charge < -0.3 is 14.6 Å². The van der Waals surface area contributed by atoms with Crippen LogP contribution in [0, 0.1) is 0 Å². The lowest BCUT2D eigenvalue weighted by Crippen LogP contribution is -2.28. The summed E-state index contributed by atoms with van der Waals surface area (Å²) in [6.07, 6.45) is 56.1. The van der Waals surface area contributed by atoms with Gasteiger partial charge in [0, 0.05) is 12.8 Å². The number of esters is 2. The van der Waals surface area contributed by atoms with Gasteiger partial charge in [0.05, 0.1) is 6.61 Å². The lowest BCUT2D eigenvalue weighted by molar-refractivity contribution is -0.161. The van der Waals surface area contributed by atoms with Crippen LogP contribution < -0.4 is 0 Å². The van der Waals surface area contributed by atoms with E-state index < -0.39 is 6.10 Å². The minimum atomic E-state index is -0.777. The van der Waals surface area contributed by atoms with E-state index in [1.165, 1.54) is 141 Å². The molecule has 0 amide bonds. The fourth-order valence-electron chi connectivity index (χ4n) is 6.38. The fraction of sp³-hybridized carbons (Fsp3) is 0.792. The molecule has 0 saturated carbocycles. The molecule has 0 aromatic carbocycles. The molecule has 0 aliphatic heterocycles. The SMILES string of the molecule is CCCCCCC/C=C\C/C=C\C/C=C\CCCCCCCCCCCCC(=O)OC(CO)COC(=O)CCCCCCC/C=C\CCCCCCC. The number of rotatable bonds is 41. The Morgan fingerprint density at radius 3 is 1.15 bits per heavy atom. The quantitative estimate of drug-likeness (QED) is 0.0384. The Hall–Kier alpha value is -2.14. The maximum absolute atomic E-state index is 12.2. The lowest BCUT2D eigenvalue weighted by atomic mass is 10.0. The molecule has 0 radical (unpaired) electrons. The van der Waals surface area contributed by atoms with Crippen molar-refractivity contribution >= 4 is 11.9 Å². The summed E-state index contributed by atoms with van der Waals surface area (Å²) in [5, 5.41) is 9.58. The first-order valence-corrected chi connectivity index (χ1v) is 22.7. The Bertz CT molecular complexity index is 888. The van der Waals surface area contributed by atoms with E-state index in [4.69, 9.17) is 9.47 Å². The largest absolute Gasteiger partial charge is 0.462 e. The molecule has 53 heavy (non-hydrogen) atoms. The molecule has 0 aromatic heterocycles. The monoisotopic (exact) mass is 743 g/mol. The lowest BCUT2D eigenvalue weighted by Gasteiger charge is -2.15. The summed E-state index contributed by atoms with van der Waals surface area (Å²) in [5.74, 6) is -0.602. The molecule has 5 nitrogen and oxygen atoms in total. The van der Waals surface area contributed by atoms with Crippen LogP contribution in [0.2, 0.25) is 0 Å². The smallest absolute Gasteiger partial charge is 0.306 e. The number of aliphatic hydroxyl groups is 1. The highest BCUT2D eigenvalue weighted by molar-refractivity contribution is 5.70. The van der Waals surface area contributed by atoms with Gasteiger partial charge in [-0.3, -0.25) is 9.59 Å². The van der Waals surface area contributed by atoms with Crippen molar-refractivity contribution in [2.45, 2.75) is 232 Å². The molecule has 308 valence electrons. The Labute approximate surface area is 328 Å². The third-order valence-electron chi connectivity index (χ3n) is 9.85. The molecule has 0 fully saturated rings. The normalized spacial score (nSPS) is 12.6. The molecule has 0 aliphatic carbocycles. The average molecular weight is 743 g/mol. The van der Waals surface area contributed by atoms with Gasteiger partial charge in [0.15, 0.2) is 6.10 Å². The molecular formula is C48H86O5. The van der Waals surface area contributed by atoms with Gasteiger partial charge >= 0.3 is 11.9 Å². The molecule has 0 heterocycles. The Morgan fingerprint density at radius 2 is 0.755 bits per heavy atom. The molecule has 0 saturated heterocycles. The van der Waals surface area contributed by atoms with Gasteiger partial charge in [-0.25, -0.2) is 0 Å². The molecule has 0 aliphatic rings. The van der Waals surface area contributed by atoms with Crippen molar-refractivity contribution < 1.29 is 24.2 Å². The third-order valence-corrected chi connectivity index (χ3v) is 9.85. The number of allylic oxidation sites excluding steroid dienone is 8. The standard InChI is InChI=1S/C48H86O5/c1-3-5-7-9-11-13-15-17-19-20-21-22-23-24-25-26-27-28-29-31-33-35-37-39-41-43-48(51)53-46(44-49)45-52-47(50)42-40-38-36-34-32-30-18-16-14-12-10-8-6-4-2/h15-18,20-21,23-24,46,49H,3-14,19,22,25-45H2,1-2H3/b17-15-,18-16-,21-20-,24-23-. The molecule has 1 atom stereocenters. The Balaban J connectivity index is 3.54. The first-order chi connectivity index (χ1) is 26.1. The van der Waals surface area contributed by atoms with Crippen molar-refractivity contribution in [3.05, 3.63) is 48.6 Å². The first kappa shape index (κ1) is 50.9. The highest BCUT2D eigenvalue weighted by Crippen LogP contribution is 2.14.